The molecule has 0 aliphatic carbocycles. The molecule has 0 saturated heterocycles. The number of halogens is 3. The second-order valence-electron chi connectivity index (χ2n) is 7.24. The average Bonchev–Trinajstić information content (AvgIpc) is 3.24. The van der Waals surface area contributed by atoms with Crippen molar-refractivity contribution in [3.63, 3.8) is 0 Å². The van der Waals surface area contributed by atoms with Crippen molar-refractivity contribution in [2.45, 2.75) is 37.8 Å². The minimum Gasteiger partial charge on any atom is -0.370 e. The Morgan fingerprint density at radius 3 is 2.67 bits per heavy atom. The van der Waals surface area contributed by atoms with Gasteiger partial charge >= 0.3 is 6.18 Å². The maximum Gasteiger partial charge on any atom is 0.406 e. The minimum atomic E-state index is -4.53. The van der Waals surface area contributed by atoms with Gasteiger partial charge in [-0.25, -0.2) is 4.99 Å². The van der Waals surface area contributed by atoms with E-state index >= 15 is 0 Å². The molecule has 2 aromatic heterocycles. The summed E-state index contributed by atoms with van der Waals surface area (Å²) in [4.78, 5) is 9.00. The van der Waals surface area contributed by atoms with Crippen molar-refractivity contribution in [2.24, 2.45) is 10.7 Å². The maximum atomic E-state index is 13.1. The van der Waals surface area contributed by atoms with Crippen molar-refractivity contribution in [2.75, 3.05) is 23.7 Å². The van der Waals surface area contributed by atoms with Crippen LogP contribution in [0.4, 0.5) is 24.8 Å². The van der Waals surface area contributed by atoms with Gasteiger partial charge in [0.2, 0.25) is 5.79 Å². The van der Waals surface area contributed by atoms with Crippen LogP contribution in [0.5, 0.6) is 0 Å². The van der Waals surface area contributed by atoms with Crippen LogP contribution in [0.3, 0.4) is 0 Å². The zero-order valence-corrected chi connectivity index (χ0v) is 18.5. The summed E-state index contributed by atoms with van der Waals surface area (Å²) in [5.41, 5.74) is 6.48. The molecule has 0 saturated carbocycles. The first-order valence-electron chi connectivity index (χ1n) is 10.1. The molecule has 2 aromatic rings. The van der Waals surface area contributed by atoms with Crippen LogP contribution < -0.4 is 21.7 Å². The topological polar surface area (TPSA) is 140 Å². The van der Waals surface area contributed by atoms with Gasteiger partial charge in [-0.15, -0.1) is 0 Å². The van der Waals surface area contributed by atoms with Crippen molar-refractivity contribution >= 4 is 35.5 Å². The van der Waals surface area contributed by atoms with Crippen LogP contribution in [-0.2, 0) is 6.54 Å². The number of hydrogen-bond acceptors (Lipinski definition) is 9. The normalized spacial score (nSPS) is 17.4. The molecule has 178 valence electrons. The number of allylic oxidation sites excluding steroid dienone is 1. The lowest BCUT2D eigenvalue weighted by molar-refractivity contribution is -0.149. The van der Waals surface area contributed by atoms with Crippen LogP contribution in [0.2, 0.25) is 0 Å². The SMILES string of the molecule is N=C(N)N(CC(F)(F)F)C1(CCCCNc2nsnc2NCc2cccnc2)N=CC=CN1. The molecule has 1 aliphatic rings. The molecule has 1 atom stereocenters. The van der Waals surface area contributed by atoms with E-state index in [1.807, 2.05) is 12.1 Å². The summed E-state index contributed by atoms with van der Waals surface area (Å²) in [6, 6.07) is 3.80. The molecule has 3 heterocycles. The van der Waals surface area contributed by atoms with Crippen molar-refractivity contribution < 1.29 is 13.2 Å². The second-order valence-corrected chi connectivity index (χ2v) is 7.77. The van der Waals surface area contributed by atoms with E-state index in [4.69, 9.17) is 11.1 Å². The number of guanidine groups is 1. The monoisotopic (exact) mass is 482 g/mol. The zero-order valence-electron chi connectivity index (χ0n) is 17.6. The Bertz CT molecular complexity index is 962. The third kappa shape index (κ3) is 7.03. The number of hydrogen-bond donors (Lipinski definition) is 5. The van der Waals surface area contributed by atoms with Gasteiger partial charge in [0.05, 0.1) is 11.7 Å². The molecular formula is C19H25F3N10S. The van der Waals surface area contributed by atoms with Gasteiger partial charge < -0.3 is 21.7 Å². The van der Waals surface area contributed by atoms with E-state index in [1.54, 1.807) is 18.5 Å². The number of nitrogens with two attached hydrogens (primary N) is 1. The molecule has 1 aliphatic heterocycles. The van der Waals surface area contributed by atoms with Crippen LogP contribution in [0.15, 0.2) is 41.8 Å². The number of nitrogens with one attached hydrogen (secondary N) is 4. The first-order chi connectivity index (χ1) is 15.8. The predicted molar refractivity (Wildman–Crippen MR) is 122 cm³/mol. The summed E-state index contributed by atoms with van der Waals surface area (Å²) in [7, 11) is 0. The summed E-state index contributed by atoms with van der Waals surface area (Å²) >= 11 is 1.07. The molecule has 14 heteroatoms. The van der Waals surface area contributed by atoms with Crippen LogP contribution in [0, 0.1) is 5.41 Å². The Balaban J connectivity index is 1.52. The smallest absolute Gasteiger partial charge is 0.370 e. The van der Waals surface area contributed by atoms with E-state index in [-0.39, 0.29) is 6.42 Å². The fourth-order valence-corrected chi connectivity index (χ4v) is 3.76. The molecule has 0 radical (unpaired) electrons. The van der Waals surface area contributed by atoms with Gasteiger partial charge in [0.25, 0.3) is 0 Å². The second kappa shape index (κ2) is 10.9. The van der Waals surface area contributed by atoms with E-state index in [2.05, 4.69) is 34.7 Å². The molecule has 0 amide bonds. The molecule has 1 unspecified atom stereocenters. The highest BCUT2D eigenvalue weighted by Gasteiger charge is 2.43. The first kappa shape index (κ1) is 24.2. The largest absolute Gasteiger partial charge is 0.406 e. The third-order valence-corrected chi connectivity index (χ3v) is 5.30. The van der Waals surface area contributed by atoms with E-state index in [1.165, 1.54) is 12.4 Å². The number of anilines is 2. The van der Waals surface area contributed by atoms with E-state index < -0.39 is 24.5 Å². The molecular weight excluding hydrogens is 457 g/mol. The summed E-state index contributed by atoms with van der Waals surface area (Å²) in [6.07, 6.45) is 4.76. The lowest BCUT2D eigenvalue weighted by Gasteiger charge is -2.42. The van der Waals surface area contributed by atoms with Crippen molar-refractivity contribution in [1.29, 1.82) is 5.41 Å². The minimum absolute atomic E-state index is 0.215. The summed E-state index contributed by atoms with van der Waals surface area (Å²) < 4.78 is 47.7. The van der Waals surface area contributed by atoms with Crippen LogP contribution >= 0.6 is 11.7 Å². The molecule has 3 rings (SSSR count). The van der Waals surface area contributed by atoms with E-state index in [9.17, 15) is 13.2 Å². The number of rotatable bonds is 11. The van der Waals surface area contributed by atoms with Gasteiger partial charge in [-0.05, 0) is 30.5 Å². The molecule has 0 spiro atoms. The number of unbranched alkanes of at least 4 members (excludes halogenated alkanes) is 1. The van der Waals surface area contributed by atoms with E-state index in [0.717, 1.165) is 22.2 Å². The Labute approximate surface area is 193 Å². The molecule has 0 fully saturated rings. The molecule has 33 heavy (non-hydrogen) atoms. The van der Waals surface area contributed by atoms with Crippen LogP contribution in [0.25, 0.3) is 0 Å². The first-order valence-corrected chi connectivity index (χ1v) is 10.9. The quantitative estimate of drug-likeness (QED) is 0.187. The molecule has 0 bridgehead atoms. The van der Waals surface area contributed by atoms with Gasteiger partial charge in [-0.2, -0.15) is 21.9 Å². The summed E-state index contributed by atoms with van der Waals surface area (Å²) in [5, 5.41) is 16.9. The van der Waals surface area contributed by atoms with Gasteiger partial charge in [0.15, 0.2) is 17.6 Å². The third-order valence-electron chi connectivity index (χ3n) is 4.78. The molecule has 6 N–H and O–H groups in total. The summed E-state index contributed by atoms with van der Waals surface area (Å²) in [6.45, 7) is -0.301. The highest BCUT2D eigenvalue weighted by Crippen LogP contribution is 2.28. The standard InChI is InChI=1S/C19H25F3N10S/c20-18(21,22)13-32(17(23)24)19(28-9-4-10-29-19)6-1-2-8-26-15-16(31-33-30-15)27-12-14-5-3-7-25-11-14/h3-5,7,9-11,28H,1-2,6,8,12-13H2,(H3,23,24)(H,26,30)(H,27,31). The zero-order chi connectivity index (χ0) is 23.7. The molecule has 0 aromatic carbocycles. The van der Waals surface area contributed by atoms with Crippen molar-refractivity contribution in [1.82, 2.24) is 23.9 Å². The lowest BCUT2D eigenvalue weighted by atomic mass is 10.1. The highest BCUT2D eigenvalue weighted by molar-refractivity contribution is 6.99. The number of alkyl halides is 3. The number of aromatic nitrogens is 3. The fourth-order valence-electron chi connectivity index (χ4n) is 3.25. The Morgan fingerprint density at radius 2 is 2.03 bits per heavy atom. The maximum absolute atomic E-state index is 13.1. The Morgan fingerprint density at radius 1 is 1.24 bits per heavy atom. The molecule has 10 nitrogen and oxygen atoms in total. The van der Waals surface area contributed by atoms with Gasteiger partial charge in [-0.1, -0.05) is 6.07 Å². The Kier molecular flexibility index (Phi) is 8.03. The lowest BCUT2D eigenvalue weighted by Crippen LogP contribution is -2.62. The van der Waals surface area contributed by atoms with Gasteiger partial charge in [-0.3, -0.25) is 15.3 Å². The van der Waals surface area contributed by atoms with Crippen molar-refractivity contribution in [3.8, 4) is 0 Å². The van der Waals surface area contributed by atoms with Crippen LogP contribution in [0.1, 0.15) is 24.8 Å². The highest BCUT2D eigenvalue weighted by atomic mass is 32.1. The van der Waals surface area contributed by atoms with Crippen molar-refractivity contribution in [3.05, 3.63) is 42.4 Å². The predicted octanol–water partition coefficient (Wildman–Crippen LogP) is 2.73. The average molecular weight is 483 g/mol. The number of pyridine rings is 1. The van der Waals surface area contributed by atoms with Gasteiger partial charge in [0, 0.05) is 44.3 Å². The Hall–Kier alpha value is -3.42. The number of aliphatic imine (C=N–C) groups is 1. The summed E-state index contributed by atoms with van der Waals surface area (Å²) in [5.74, 6) is -0.938. The van der Waals surface area contributed by atoms with E-state index in [0.29, 0.717) is 37.6 Å². The van der Waals surface area contributed by atoms with Crippen LogP contribution in [-0.4, -0.2) is 55.9 Å². The van der Waals surface area contributed by atoms with Gasteiger partial charge in [0.1, 0.15) is 6.54 Å². The fraction of sp³-hybridized carbons (Fsp3) is 0.421. The number of nitrogens with zero attached hydrogens (tertiary/aromatic N) is 5.